The Morgan fingerprint density at radius 2 is 1.57 bits per heavy atom. The standard InChI is InChI=1S/C19H34O2/c1-3-5-7-9-13-17-14-10-11-15-18(17)19(20)21-16-12-8-6-4-2/h3-16H2,1-2H3. The van der Waals surface area contributed by atoms with Crippen LogP contribution in [-0.2, 0) is 9.53 Å². The summed E-state index contributed by atoms with van der Waals surface area (Å²) in [5.74, 6) is -0.0170. The Morgan fingerprint density at radius 1 is 0.905 bits per heavy atom. The normalized spacial score (nSPS) is 15.3. The van der Waals surface area contributed by atoms with Crippen LogP contribution >= 0.6 is 0 Å². The van der Waals surface area contributed by atoms with Crippen molar-refractivity contribution in [2.24, 2.45) is 0 Å². The fraction of sp³-hybridized carbons (Fsp3) is 0.842. The molecule has 0 aliphatic heterocycles. The van der Waals surface area contributed by atoms with Gasteiger partial charge in [0.15, 0.2) is 0 Å². The molecule has 1 aliphatic rings. The molecule has 0 aromatic carbocycles. The number of allylic oxidation sites excluding steroid dienone is 1. The molecule has 0 aromatic rings. The molecule has 0 amide bonds. The van der Waals surface area contributed by atoms with Crippen molar-refractivity contribution in [1.82, 2.24) is 0 Å². The number of hydrogen-bond donors (Lipinski definition) is 0. The van der Waals surface area contributed by atoms with E-state index in [0.717, 1.165) is 37.7 Å². The fourth-order valence-corrected chi connectivity index (χ4v) is 3.04. The Hall–Kier alpha value is -0.790. The highest BCUT2D eigenvalue weighted by atomic mass is 16.5. The molecule has 0 aromatic heterocycles. The van der Waals surface area contributed by atoms with Gasteiger partial charge in [0.05, 0.1) is 6.61 Å². The topological polar surface area (TPSA) is 26.3 Å². The highest BCUT2D eigenvalue weighted by Crippen LogP contribution is 2.29. The number of hydrogen-bond acceptors (Lipinski definition) is 2. The minimum atomic E-state index is -0.0170. The van der Waals surface area contributed by atoms with E-state index in [2.05, 4.69) is 13.8 Å². The monoisotopic (exact) mass is 294 g/mol. The zero-order chi connectivity index (χ0) is 15.3. The van der Waals surface area contributed by atoms with Crippen molar-refractivity contribution in [3.63, 3.8) is 0 Å². The van der Waals surface area contributed by atoms with Crippen molar-refractivity contribution in [3.05, 3.63) is 11.1 Å². The van der Waals surface area contributed by atoms with Gasteiger partial charge in [-0.2, -0.15) is 0 Å². The average molecular weight is 294 g/mol. The Balaban J connectivity index is 2.37. The molecule has 0 saturated carbocycles. The Kier molecular flexibility index (Phi) is 10.3. The summed E-state index contributed by atoms with van der Waals surface area (Å²) in [6, 6.07) is 0. The first-order valence-electron chi connectivity index (χ1n) is 9.17. The molecule has 0 radical (unpaired) electrons. The van der Waals surface area contributed by atoms with E-state index in [-0.39, 0.29) is 5.97 Å². The van der Waals surface area contributed by atoms with E-state index in [4.69, 9.17) is 4.74 Å². The third-order valence-corrected chi connectivity index (χ3v) is 4.39. The maximum Gasteiger partial charge on any atom is 0.333 e. The van der Waals surface area contributed by atoms with Crippen molar-refractivity contribution in [2.75, 3.05) is 6.61 Å². The van der Waals surface area contributed by atoms with Gasteiger partial charge >= 0.3 is 5.97 Å². The number of esters is 1. The molecule has 1 aliphatic carbocycles. The summed E-state index contributed by atoms with van der Waals surface area (Å²) in [6.07, 6.45) is 15.3. The minimum absolute atomic E-state index is 0.0170. The minimum Gasteiger partial charge on any atom is -0.462 e. The van der Waals surface area contributed by atoms with Gasteiger partial charge in [0, 0.05) is 5.57 Å². The first kappa shape index (κ1) is 18.3. The van der Waals surface area contributed by atoms with Gasteiger partial charge in [0.25, 0.3) is 0 Å². The number of rotatable bonds is 11. The van der Waals surface area contributed by atoms with Gasteiger partial charge in [0.1, 0.15) is 0 Å². The van der Waals surface area contributed by atoms with Crippen LogP contribution in [0.5, 0.6) is 0 Å². The summed E-state index contributed by atoms with van der Waals surface area (Å²) in [5, 5.41) is 0. The maximum atomic E-state index is 12.2. The largest absolute Gasteiger partial charge is 0.462 e. The van der Waals surface area contributed by atoms with Crippen LogP contribution in [0.1, 0.15) is 97.3 Å². The maximum absolute atomic E-state index is 12.2. The molecular formula is C19H34O2. The van der Waals surface area contributed by atoms with Crippen molar-refractivity contribution in [1.29, 1.82) is 0 Å². The van der Waals surface area contributed by atoms with E-state index >= 15 is 0 Å². The molecule has 0 spiro atoms. The Labute approximate surface area is 131 Å². The highest BCUT2D eigenvalue weighted by molar-refractivity contribution is 5.89. The Bertz CT molecular complexity index is 318. The van der Waals surface area contributed by atoms with Gasteiger partial charge in [0.2, 0.25) is 0 Å². The summed E-state index contributed by atoms with van der Waals surface area (Å²) in [5.41, 5.74) is 2.42. The molecule has 0 unspecified atom stereocenters. The zero-order valence-electron chi connectivity index (χ0n) is 14.2. The fourth-order valence-electron chi connectivity index (χ4n) is 3.04. The summed E-state index contributed by atoms with van der Waals surface area (Å²) in [7, 11) is 0. The number of carbonyl (C=O) groups is 1. The van der Waals surface area contributed by atoms with Crippen LogP contribution in [-0.4, -0.2) is 12.6 Å². The summed E-state index contributed by atoms with van der Waals surface area (Å²) in [6.45, 7) is 5.04. The van der Waals surface area contributed by atoms with Gasteiger partial charge in [-0.15, -0.1) is 0 Å². The number of carbonyl (C=O) groups excluding carboxylic acids is 1. The van der Waals surface area contributed by atoms with Crippen LogP contribution in [0.2, 0.25) is 0 Å². The molecule has 0 saturated heterocycles. The average Bonchev–Trinajstić information content (AvgIpc) is 2.51. The van der Waals surface area contributed by atoms with Gasteiger partial charge in [-0.05, 0) is 44.9 Å². The molecule has 1 rings (SSSR count). The van der Waals surface area contributed by atoms with Crippen molar-refractivity contribution < 1.29 is 9.53 Å². The van der Waals surface area contributed by atoms with E-state index in [1.54, 1.807) is 0 Å². The first-order valence-corrected chi connectivity index (χ1v) is 9.17. The summed E-state index contributed by atoms with van der Waals surface area (Å²) < 4.78 is 5.49. The lowest BCUT2D eigenvalue weighted by Gasteiger charge is -2.19. The second kappa shape index (κ2) is 11.8. The van der Waals surface area contributed by atoms with Crippen LogP contribution in [0, 0.1) is 0 Å². The molecule has 0 N–H and O–H groups in total. The number of unbranched alkanes of at least 4 members (excludes halogenated alkanes) is 6. The van der Waals surface area contributed by atoms with Crippen molar-refractivity contribution in [2.45, 2.75) is 97.3 Å². The van der Waals surface area contributed by atoms with E-state index in [1.165, 1.54) is 56.9 Å². The Morgan fingerprint density at radius 3 is 2.29 bits per heavy atom. The van der Waals surface area contributed by atoms with E-state index in [0.29, 0.717) is 6.61 Å². The third-order valence-electron chi connectivity index (χ3n) is 4.39. The lowest BCUT2D eigenvalue weighted by molar-refractivity contribution is -0.139. The molecular weight excluding hydrogens is 260 g/mol. The van der Waals surface area contributed by atoms with Gasteiger partial charge < -0.3 is 4.74 Å². The molecule has 2 nitrogen and oxygen atoms in total. The van der Waals surface area contributed by atoms with Gasteiger partial charge in [-0.1, -0.05) is 57.9 Å². The molecule has 21 heavy (non-hydrogen) atoms. The predicted octanol–water partition coefficient (Wildman–Crippen LogP) is 5.95. The van der Waals surface area contributed by atoms with Crippen LogP contribution in [0.25, 0.3) is 0 Å². The predicted molar refractivity (Wildman–Crippen MR) is 89.4 cm³/mol. The summed E-state index contributed by atoms with van der Waals surface area (Å²) in [4.78, 5) is 12.2. The van der Waals surface area contributed by atoms with Crippen molar-refractivity contribution >= 4 is 5.97 Å². The van der Waals surface area contributed by atoms with Crippen molar-refractivity contribution in [3.8, 4) is 0 Å². The third kappa shape index (κ3) is 7.68. The van der Waals surface area contributed by atoms with E-state index < -0.39 is 0 Å². The van der Waals surface area contributed by atoms with Crippen LogP contribution in [0.15, 0.2) is 11.1 Å². The van der Waals surface area contributed by atoms with Crippen LogP contribution in [0.4, 0.5) is 0 Å². The lowest BCUT2D eigenvalue weighted by Crippen LogP contribution is -2.14. The van der Waals surface area contributed by atoms with Gasteiger partial charge in [-0.3, -0.25) is 0 Å². The van der Waals surface area contributed by atoms with E-state index in [1.807, 2.05) is 0 Å². The molecule has 0 heterocycles. The SMILES string of the molecule is CCCCCCOC(=O)C1=C(CCCCCC)CCCC1. The molecule has 0 bridgehead atoms. The zero-order valence-corrected chi connectivity index (χ0v) is 14.2. The second-order valence-electron chi connectivity index (χ2n) is 6.30. The second-order valence-corrected chi connectivity index (χ2v) is 6.30. The number of ether oxygens (including phenoxy) is 1. The smallest absolute Gasteiger partial charge is 0.333 e. The highest BCUT2D eigenvalue weighted by Gasteiger charge is 2.19. The molecule has 122 valence electrons. The molecule has 0 fully saturated rings. The quantitative estimate of drug-likeness (QED) is 0.347. The molecule has 2 heteroatoms. The van der Waals surface area contributed by atoms with E-state index in [9.17, 15) is 4.79 Å². The summed E-state index contributed by atoms with van der Waals surface area (Å²) >= 11 is 0. The first-order chi connectivity index (χ1) is 10.3. The molecule has 0 atom stereocenters. The van der Waals surface area contributed by atoms with Crippen LogP contribution < -0.4 is 0 Å². The lowest BCUT2D eigenvalue weighted by atomic mass is 9.88. The van der Waals surface area contributed by atoms with Gasteiger partial charge in [-0.25, -0.2) is 4.79 Å². The van der Waals surface area contributed by atoms with Crippen LogP contribution in [0.3, 0.4) is 0 Å².